The highest BCUT2D eigenvalue weighted by Gasteiger charge is 2.61. The largest absolute Gasteiger partial charge is 0.451 e. The van der Waals surface area contributed by atoms with Crippen molar-refractivity contribution in [1.82, 2.24) is 4.90 Å². The molecule has 5 atom stereocenters. The lowest BCUT2D eigenvalue weighted by Gasteiger charge is -2.28. The van der Waals surface area contributed by atoms with Crippen LogP contribution >= 0.6 is 9.47 Å². The van der Waals surface area contributed by atoms with Gasteiger partial charge in [-0.05, 0) is 45.4 Å². The van der Waals surface area contributed by atoms with Crippen LogP contribution < -0.4 is 0 Å². The topological polar surface area (TPSA) is 72.9 Å². The van der Waals surface area contributed by atoms with Crippen molar-refractivity contribution in [3.8, 4) is 0 Å². The second kappa shape index (κ2) is 7.67. The van der Waals surface area contributed by atoms with Gasteiger partial charge in [-0.25, -0.2) is 4.79 Å². The van der Waals surface area contributed by atoms with Gasteiger partial charge in [0.25, 0.3) is 0 Å². The number of hydrogen-bond donors (Lipinski definition) is 0. The van der Waals surface area contributed by atoms with Gasteiger partial charge < -0.3 is 9.26 Å². The van der Waals surface area contributed by atoms with Crippen LogP contribution in [0.3, 0.4) is 0 Å². The van der Waals surface area contributed by atoms with Gasteiger partial charge in [0.1, 0.15) is 5.60 Å². The van der Waals surface area contributed by atoms with E-state index < -0.39 is 29.1 Å². The minimum absolute atomic E-state index is 0.0575. The van der Waals surface area contributed by atoms with Crippen LogP contribution in [0.25, 0.3) is 0 Å². The molecule has 1 aliphatic carbocycles. The molecular weight excluding hydrogens is 353 g/mol. The number of nitrogens with zero attached hydrogens (tertiary/aromatic N) is 1. The highest BCUT2D eigenvalue weighted by atomic mass is 31.0. The molecule has 1 aliphatic heterocycles. The predicted octanol–water partition coefficient (Wildman–Crippen LogP) is 3.51. The van der Waals surface area contributed by atoms with E-state index >= 15 is 0 Å². The van der Waals surface area contributed by atoms with E-state index in [1.807, 2.05) is 16.4 Å². The molecular formula is C19H30NO5P. The quantitative estimate of drug-likeness (QED) is 0.518. The first-order valence-corrected chi connectivity index (χ1v) is 9.61. The van der Waals surface area contributed by atoms with Gasteiger partial charge in [0.2, 0.25) is 0 Å². The Kier molecular flexibility index (Phi) is 6.17. The first kappa shape index (κ1) is 20.9. The van der Waals surface area contributed by atoms with Crippen molar-refractivity contribution < 1.29 is 23.6 Å². The van der Waals surface area contributed by atoms with Crippen LogP contribution in [0.15, 0.2) is 12.7 Å². The van der Waals surface area contributed by atoms with Crippen LogP contribution in [0.5, 0.6) is 0 Å². The Balaban J connectivity index is 2.15. The highest BCUT2D eigenvalue weighted by molar-refractivity contribution is 7.10. The van der Waals surface area contributed by atoms with Crippen LogP contribution in [-0.4, -0.2) is 40.9 Å². The molecule has 0 aromatic heterocycles. The molecule has 3 unspecified atom stereocenters. The molecule has 1 amide bonds. The minimum Gasteiger partial charge on any atom is -0.451 e. The Hall–Kier alpha value is -1.42. The minimum atomic E-state index is -0.829. The molecule has 0 N–H and O–H groups in total. The fourth-order valence-corrected chi connectivity index (χ4v) is 3.98. The van der Waals surface area contributed by atoms with Crippen LogP contribution in [0, 0.1) is 17.3 Å². The lowest BCUT2D eigenvalue weighted by atomic mass is 9.91. The molecule has 0 bridgehead atoms. The fraction of sp³-hybridized carbons (Fsp3) is 0.737. The van der Waals surface area contributed by atoms with Crippen LogP contribution in [0.4, 0.5) is 4.79 Å². The maximum Gasteiger partial charge on any atom is 0.410 e. The van der Waals surface area contributed by atoms with E-state index in [4.69, 9.17) is 9.26 Å². The van der Waals surface area contributed by atoms with Crippen LogP contribution in [-0.2, 0) is 18.8 Å². The number of Topliss-reactive ketones (excluding diaryl/α,β-unsaturated/α-hetero) is 1. The van der Waals surface area contributed by atoms with E-state index in [9.17, 15) is 14.4 Å². The zero-order chi connectivity index (χ0) is 19.7. The molecule has 26 heavy (non-hydrogen) atoms. The third kappa shape index (κ3) is 4.28. The summed E-state index contributed by atoms with van der Waals surface area (Å²) in [5.41, 5.74) is -1.45. The monoisotopic (exact) mass is 383 g/mol. The molecule has 6 nitrogen and oxygen atoms in total. The fourth-order valence-electron chi connectivity index (χ4n) is 3.74. The molecule has 2 fully saturated rings. The Morgan fingerprint density at radius 3 is 2.46 bits per heavy atom. The van der Waals surface area contributed by atoms with Gasteiger partial charge in [-0.1, -0.05) is 19.4 Å². The normalized spacial score (nSPS) is 30.7. The summed E-state index contributed by atoms with van der Waals surface area (Å²) in [6.07, 6.45) is 3.36. The number of rotatable bonds is 6. The van der Waals surface area contributed by atoms with E-state index in [2.05, 4.69) is 6.58 Å². The molecule has 0 spiro atoms. The van der Waals surface area contributed by atoms with Crippen molar-refractivity contribution >= 4 is 27.3 Å². The Labute approximate surface area is 157 Å². The molecule has 7 heteroatoms. The van der Waals surface area contributed by atoms with Gasteiger partial charge in [-0.3, -0.25) is 14.5 Å². The molecule has 0 radical (unpaired) electrons. The summed E-state index contributed by atoms with van der Waals surface area (Å²) in [5, 5.41) is 0. The number of ketones is 1. The van der Waals surface area contributed by atoms with Gasteiger partial charge in [-0.2, -0.15) is 0 Å². The average Bonchev–Trinajstić information content (AvgIpc) is 3.09. The van der Waals surface area contributed by atoms with E-state index in [-0.39, 0.29) is 24.0 Å². The summed E-state index contributed by atoms with van der Waals surface area (Å²) in [7, 11) is 1.96. The Morgan fingerprint density at radius 2 is 2.00 bits per heavy atom. The van der Waals surface area contributed by atoms with E-state index in [1.165, 1.54) is 4.90 Å². The number of ether oxygens (including phenoxy) is 1. The van der Waals surface area contributed by atoms with Crippen molar-refractivity contribution in [2.75, 3.05) is 6.54 Å². The predicted molar refractivity (Wildman–Crippen MR) is 101 cm³/mol. The van der Waals surface area contributed by atoms with Crippen molar-refractivity contribution in [2.45, 2.75) is 65.0 Å². The standard InChI is InChI=1S/C19H30NO5P/c1-6-12-8-14(20(11-12)17(23)24-18(3,4)5)15(21)10-19(16(22)25-26)9-13(19)7-2/h7,12-14H,2,6,8-11,26H2,1,3-5H3/t12-,13?,14+,19?/m1/s1. The third-order valence-corrected chi connectivity index (χ3v) is 5.60. The lowest BCUT2D eigenvalue weighted by Crippen LogP contribution is -2.44. The molecule has 2 aliphatic rings. The summed E-state index contributed by atoms with van der Waals surface area (Å²) in [6, 6.07) is -0.546. The van der Waals surface area contributed by atoms with Gasteiger partial charge >= 0.3 is 12.1 Å². The summed E-state index contributed by atoms with van der Waals surface area (Å²) >= 11 is 0. The molecule has 1 saturated heterocycles. The maximum atomic E-state index is 13.0. The van der Waals surface area contributed by atoms with E-state index in [1.54, 1.807) is 26.8 Å². The van der Waals surface area contributed by atoms with Crippen molar-refractivity contribution in [3.05, 3.63) is 12.7 Å². The molecule has 0 aromatic rings. The van der Waals surface area contributed by atoms with Gasteiger partial charge in [0, 0.05) is 13.0 Å². The van der Waals surface area contributed by atoms with Crippen LogP contribution in [0.2, 0.25) is 0 Å². The molecule has 0 aromatic carbocycles. The van der Waals surface area contributed by atoms with E-state index in [0.717, 1.165) is 6.42 Å². The average molecular weight is 383 g/mol. The third-order valence-electron chi connectivity index (χ3n) is 5.39. The summed E-state index contributed by atoms with van der Waals surface area (Å²) in [5.74, 6) is -0.311. The van der Waals surface area contributed by atoms with Crippen LogP contribution in [0.1, 0.15) is 53.4 Å². The molecule has 1 heterocycles. The summed E-state index contributed by atoms with van der Waals surface area (Å²) < 4.78 is 10.3. The molecule has 2 rings (SSSR count). The van der Waals surface area contributed by atoms with Gasteiger partial charge in [-0.15, -0.1) is 6.58 Å². The first-order chi connectivity index (χ1) is 12.1. The molecule has 146 valence electrons. The number of amides is 1. The van der Waals surface area contributed by atoms with Crippen molar-refractivity contribution in [1.29, 1.82) is 0 Å². The zero-order valence-corrected chi connectivity index (χ0v) is 17.3. The van der Waals surface area contributed by atoms with Crippen molar-refractivity contribution in [2.24, 2.45) is 17.3 Å². The van der Waals surface area contributed by atoms with Gasteiger partial charge in [0.05, 0.1) is 20.9 Å². The number of allylic oxidation sites excluding steroid dienone is 1. The number of likely N-dealkylation sites (tertiary alicyclic amines) is 1. The summed E-state index contributed by atoms with van der Waals surface area (Å²) in [6.45, 7) is 11.7. The second-order valence-corrected chi connectivity index (χ2v) is 8.65. The second-order valence-electron chi connectivity index (χ2n) is 8.41. The lowest BCUT2D eigenvalue weighted by molar-refractivity contribution is -0.142. The summed E-state index contributed by atoms with van der Waals surface area (Å²) in [4.78, 5) is 39.3. The highest BCUT2D eigenvalue weighted by Crippen LogP contribution is 2.57. The van der Waals surface area contributed by atoms with E-state index in [0.29, 0.717) is 19.4 Å². The van der Waals surface area contributed by atoms with Crippen molar-refractivity contribution in [3.63, 3.8) is 0 Å². The Morgan fingerprint density at radius 1 is 1.35 bits per heavy atom. The number of carbonyl (C=O) groups is 3. The first-order valence-electron chi connectivity index (χ1n) is 9.14. The smallest absolute Gasteiger partial charge is 0.410 e. The Bertz CT molecular complexity index is 599. The maximum absolute atomic E-state index is 13.0. The van der Waals surface area contributed by atoms with Gasteiger partial charge in [0.15, 0.2) is 5.78 Å². The number of hydrogen-bond acceptors (Lipinski definition) is 5. The number of carbonyl (C=O) groups excluding carboxylic acids is 3. The zero-order valence-electron chi connectivity index (χ0n) is 16.1. The SMILES string of the molecule is C=CC1CC1(CC(=O)[C@@H]1C[C@@H](CC)CN1C(=O)OC(C)(C)C)C(=O)OP. The molecule has 1 saturated carbocycles.